The minimum absolute atomic E-state index is 0. The third-order valence-electron chi connectivity index (χ3n) is 24.6. The highest BCUT2D eigenvalue weighted by molar-refractivity contribution is 7.59. The number of benzene rings is 4. The molecule has 0 bridgehead atoms. The molecular formula is C99H134Cl3F4N21O10S4. The molecule has 3 fully saturated rings. The van der Waals surface area contributed by atoms with Crippen molar-refractivity contribution in [3.05, 3.63) is 208 Å². The monoisotopic (exact) mass is 2090 g/mol. The van der Waals surface area contributed by atoms with Crippen LogP contribution in [0.25, 0.3) is 22.1 Å². The normalized spacial score (nSPS) is 15.6. The first-order valence-corrected chi connectivity index (χ1v) is 47.3. The van der Waals surface area contributed by atoms with Gasteiger partial charge < -0.3 is 77.1 Å². The molecule has 42 heteroatoms. The first-order chi connectivity index (χ1) is 64.8. The van der Waals surface area contributed by atoms with Crippen LogP contribution in [0.5, 0.6) is 23.0 Å². The van der Waals surface area contributed by atoms with Crippen molar-refractivity contribution in [3.8, 4) is 23.0 Å². The van der Waals surface area contributed by atoms with Gasteiger partial charge in [0.05, 0.1) is 87.1 Å². The van der Waals surface area contributed by atoms with Gasteiger partial charge >= 0.3 is 0 Å². The number of nitrogens with one attached hydrogen (secondary N) is 3. The maximum absolute atomic E-state index is 15.7. The Labute approximate surface area is 863 Å². The molecule has 12 aromatic rings. The van der Waals surface area contributed by atoms with Crippen LogP contribution >= 0.6 is 88.8 Å². The van der Waals surface area contributed by atoms with E-state index in [2.05, 4.69) is 47.8 Å². The van der Waals surface area contributed by atoms with Crippen LogP contribution in [-0.4, -0.2) is 194 Å². The van der Waals surface area contributed by atoms with Gasteiger partial charge in [0.1, 0.15) is 120 Å². The fourth-order valence-corrected chi connectivity index (χ4v) is 18.5. The summed E-state index contributed by atoms with van der Waals surface area (Å²) in [5.74, 6) is -1.11. The minimum Gasteiger partial charge on any atom is -0.490 e. The van der Waals surface area contributed by atoms with Gasteiger partial charge in [0.25, 0.3) is 23.6 Å². The molecule has 8 aromatic heterocycles. The SMILES string of the molecule is CCOCC1(NC(=O)c2c(F)c(Cl)cc([C@H](C)c3nc(C)c4c(N)nccn34)c2OC(C)C)CC1.COC[C@@H]1CCCN1C(=O)c1c(F)c(C)cc([C@H](C)c2nc(C)c3c(N)nccn23)c1OC(C)C.Cc1nc([C@@H](C)c2cc(Cl)c(F)c(C(=O)NCCN(C)C)c2OC(C)C)n2ccnc(N)c12.Cc1nc([C@H](C)c2cc(Cl)c(F)c(C(=O)N[C@H]3CC[C@@H](C)C3)c2OC(C)C)n2ccnc(N)c12.S.S.S.S. The molecule has 0 spiro atoms. The number of carbonyl (C=O) groups is 4. The highest BCUT2D eigenvalue weighted by Crippen LogP contribution is 2.47. The van der Waals surface area contributed by atoms with Crippen LogP contribution in [0.3, 0.4) is 0 Å². The molecule has 141 heavy (non-hydrogen) atoms. The number of likely N-dealkylation sites (N-methyl/N-ethyl adjacent to an activating group) is 1. The Morgan fingerprint density at radius 2 is 0.851 bits per heavy atom. The quantitative estimate of drug-likeness (QED) is 0.0206. The number of aromatic nitrogens is 12. The molecule has 2 saturated carbocycles. The molecule has 1 saturated heterocycles. The number of halogens is 7. The van der Waals surface area contributed by atoms with E-state index in [-0.39, 0.29) is 169 Å². The van der Waals surface area contributed by atoms with Crippen molar-refractivity contribution in [2.45, 2.75) is 242 Å². The van der Waals surface area contributed by atoms with Crippen molar-refractivity contribution < 1.29 is 65.2 Å². The molecular weight excluding hydrogens is 1950 g/mol. The van der Waals surface area contributed by atoms with Crippen molar-refractivity contribution in [2.24, 2.45) is 5.92 Å². The molecule has 4 amide bonds. The topological polar surface area (TPSA) is 391 Å². The van der Waals surface area contributed by atoms with Crippen LogP contribution in [0.4, 0.5) is 40.8 Å². The first kappa shape index (κ1) is 116. The second kappa shape index (κ2) is 49.2. The number of hydrogen-bond acceptors (Lipinski definition) is 23. The molecule has 0 unspecified atom stereocenters. The number of nitrogens with two attached hydrogens (primary N) is 4. The van der Waals surface area contributed by atoms with Crippen LogP contribution in [0, 0.1) is 63.8 Å². The van der Waals surface area contributed by atoms with E-state index in [1.165, 1.54) is 18.2 Å². The van der Waals surface area contributed by atoms with Gasteiger partial charge in [-0.2, -0.15) is 54.0 Å². The molecule has 768 valence electrons. The van der Waals surface area contributed by atoms with Gasteiger partial charge in [0.2, 0.25) is 0 Å². The molecule has 7 atom stereocenters. The zero-order valence-electron chi connectivity index (χ0n) is 83.8. The molecule has 31 nitrogen and oxygen atoms in total. The minimum atomic E-state index is -0.819. The van der Waals surface area contributed by atoms with E-state index < -0.39 is 58.4 Å². The molecule has 4 aromatic carbocycles. The molecule has 9 heterocycles. The number of carbonyl (C=O) groups excluding carboxylic acids is 4. The fraction of sp³-hybridized carbons (Fsp3) is 0.475. The van der Waals surface area contributed by atoms with Gasteiger partial charge in [0.15, 0.2) is 17.5 Å². The highest BCUT2D eigenvalue weighted by atomic mass is 35.5. The van der Waals surface area contributed by atoms with Crippen molar-refractivity contribution in [3.63, 3.8) is 0 Å². The number of anilines is 4. The van der Waals surface area contributed by atoms with Crippen LogP contribution < -0.4 is 57.8 Å². The Kier molecular flexibility index (Phi) is 40.4. The summed E-state index contributed by atoms with van der Waals surface area (Å²) in [4.78, 5) is 92.7. The number of methoxy groups -OCH3 is 1. The number of imidazole rings is 4. The summed E-state index contributed by atoms with van der Waals surface area (Å²) in [5.41, 5.74) is 31.7. The highest BCUT2D eigenvalue weighted by Gasteiger charge is 2.46. The number of likely N-dealkylation sites (tertiary alicyclic amines) is 1. The summed E-state index contributed by atoms with van der Waals surface area (Å²) in [6, 6.07) is 6.19. The van der Waals surface area contributed by atoms with E-state index in [0.29, 0.717) is 148 Å². The van der Waals surface area contributed by atoms with E-state index in [1.807, 2.05) is 160 Å². The number of nitrogen functional groups attached to an aromatic ring is 4. The van der Waals surface area contributed by atoms with E-state index in [4.69, 9.17) is 101 Å². The van der Waals surface area contributed by atoms with Crippen molar-refractivity contribution >= 4 is 158 Å². The average molecular weight is 2090 g/mol. The van der Waals surface area contributed by atoms with Crippen LogP contribution in [0.15, 0.2) is 73.8 Å². The third kappa shape index (κ3) is 25.3. The summed E-state index contributed by atoms with van der Waals surface area (Å²) in [6.07, 6.45) is 18.3. The maximum atomic E-state index is 15.7. The standard InChI is InChI=1S/C26H34FN5O3.C25H31ClFN5O3.C25H31ClFN5O2.C23H30ClFN6O2.4H2S/c1-14(2)35-23-19(16(4)25-30-17(5)22-24(28)29-9-11-32(22)25)12-15(3)21(27)20(23)26(33)31-10-7-8-18(31)13-34-6;1-6-34-12-25(7-8-25)31-24(33)18-19(27)17(26)11-16(21(18)35-13(2)3)14(4)23-30-15(5)20-22(28)29-9-10-32(20)23;1-12(2)34-22-17(14(4)24-30-15(5)21-23(28)29-8-9-32(21)24)11-18(26)20(27)19(22)25(33)31-16-7-6-13(3)10-16;1-12(2)33-20-15(11-16(24)18(25)17(20)23(32)28-7-9-30(5)6)13(3)22-29-14(4)19-21(26)27-8-10-31(19)22;;;;/h9,11-12,14,16,18H,7-8,10,13H2,1-6H3,(H2,28,29);9-11,13-14H,6-8,12H2,1-5H3,(H2,28,29)(H,31,33);8-9,11-14,16H,6-7,10H2,1-5H3,(H2,28,29)(H,31,33);8,10-13H,7,9H2,1-6H3,(H2,26,27)(H,28,32);4*1H2/t16-,18-;14-;13-,14-,16+;13-;;;;/m0010..../s1. The van der Waals surface area contributed by atoms with Crippen molar-refractivity contribution in [1.29, 1.82) is 0 Å². The van der Waals surface area contributed by atoms with Gasteiger partial charge in [-0.1, -0.05) is 69.4 Å². The van der Waals surface area contributed by atoms with Crippen LogP contribution in [0.2, 0.25) is 15.1 Å². The Morgan fingerprint density at radius 1 is 0.504 bits per heavy atom. The Morgan fingerprint density at radius 3 is 1.18 bits per heavy atom. The number of hydrogen-bond donors (Lipinski definition) is 7. The van der Waals surface area contributed by atoms with Gasteiger partial charge in [-0.3, -0.25) is 36.8 Å². The van der Waals surface area contributed by atoms with E-state index in [1.54, 1.807) is 68.4 Å². The largest absolute Gasteiger partial charge is 0.490 e. The third-order valence-corrected chi connectivity index (χ3v) is 25.4. The first-order valence-electron chi connectivity index (χ1n) is 46.2. The number of fused-ring (bicyclic) bond motifs is 4. The summed E-state index contributed by atoms with van der Waals surface area (Å²) in [7, 11) is 5.39. The zero-order chi connectivity index (χ0) is 100. The van der Waals surface area contributed by atoms with Gasteiger partial charge in [0, 0.05) is 135 Å². The molecule has 1 aliphatic heterocycles. The molecule has 15 rings (SSSR count). The van der Waals surface area contributed by atoms with Crippen LogP contribution in [-0.2, 0) is 9.47 Å². The second-order valence-electron chi connectivity index (χ2n) is 36.9. The van der Waals surface area contributed by atoms with Crippen molar-refractivity contribution in [2.75, 3.05) is 83.6 Å². The Bertz CT molecular complexity index is 6500. The van der Waals surface area contributed by atoms with Gasteiger partial charge in [-0.15, -0.1) is 0 Å². The van der Waals surface area contributed by atoms with Crippen LogP contribution in [0.1, 0.15) is 281 Å². The predicted molar refractivity (Wildman–Crippen MR) is 566 cm³/mol. The maximum Gasteiger partial charge on any atom is 0.260 e. The molecule has 0 radical (unpaired) electrons. The number of nitrogens with zero attached hydrogens (tertiary/aromatic N) is 14. The lowest BCUT2D eigenvalue weighted by Crippen LogP contribution is -2.41. The number of ether oxygens (including phenoxy) is 6. The van der Waals surface area contributed by atoms with E-state index in [9.17, 15) is 19.2 Å². The van der Waals surface area contributed by atoms with Gasteiger partial charge in [-0.05, 0) is 192 Å². The number of amides is 4. The van der Waals surface area contributed by atoms with E-state index >= 15 is 17.6 Å². The second-order valence-corrected chi connectivity index (χ2v) is 38.1. The summed E-state index contributed by atoms with van der Waals surface area (Å²) >= 11 is 18.9. The average Bonchev–Trinajstić information content (AvgIpc) is 1.67. The zero-order valence-corrected chi connectivity index (χ0v) is 90.0. The number of rotatable bonds is 30. The summed E-state index contributed by atoms with van der Waals surface area (Å²) < 4.78 is 104. The lowest BCUT2D eigenvalue weighted by atomic mass is 9.93. The molecule has 11 N–H and O–H groups in total. The van der Waals surface area contributed by atoms with E-state index in [0.717, 1.165) is 61.9 Å². The molecule has 3 aliphatic rings. The Balaban J connectivity index is 0.000000228. The lowest BCUT2D eigenvalue weighted by Gasteiger charge is -2.28. The lowest BCUT2D eigenvalue weighted by molar-refractivity contribution is 0.0619. The van der Waals surface area contributed by atoms with Crippen molar-refractivity contribution in [1.82, 2.24) is 83.2 Å². The predicted octanol–water partition coefficient (Wildman–Crippen LogP) is 18.3. The van der Waals surface area contributed by atoms with Gasteiger partial charge in [-0.25, -0.2) is 57.4 Å². The Hall–Kier alpha value is -10.5. The fourth-order valence-electron chi connectivity index (χ4n) is 17.8. The number of aryl methyl sites for hydroxylation is 5. The summed E-state index contributed by atoms with van der Waals surface area (Å²) in [6.45, 7) is 38.3. The molecule has 2 aliphatic carbocycles. The smallest absolute Gasteiger partial charge is 0.260 e. The summed E-state index contributed by atoms with van der Waals surface area (Å²) in [5, 5.41) is 8.24.